The number of rotatable bonds is 4. The van der Waals surface area contributed by atoms with Gasteiger partial charge in [-0.05, 0) is 23.8 Å². The van der Waals surface area contributed by atoms with Gasteiger partial charge in [-0.1, -0.05) is 24.3 Å². The molecule has 1 aromatic heterocycles. The summed E-state index contributed by atoms with van der Waals surface area (Å²) in [6, 6.07) is 13.3. The lowest BCUT2D eigenvalue weighted by molar-refractivity contribution is 0.236. The Hall–Kier alpha value is -1.96. The minimum atomic E-state index is -3.31. The molecule has 2 aromatic rings. The highest BCUT2D eigenvalue weighted by molar-refractivity contribution is 7.89. The molecular weight excluding hydrogens is 336 g/mol. The Morgan fingerprint density at radius 2 is 1.68 bits per heavy atom. The van der Waals surface area contributed by atoms with Gasteiger partial charge in [-0.15, -0.1) is 0 Å². The highest BCUT2D eigenvalue weighted by Crippen LogP contribution is 2.29. The van der Waals surface area contributed by atoms with Crippen LogP contribution < -0.4 is 4.90 Å². The summed E-state index contributed by atoms with van der Waals surface area (Å²) in [5, 5.41) is 0. The van der Waals surface area contributed by atoms with Crippen molar-refractivity contribution in [1.29, 1.82) is 0 Å². The highest BCUT2D eigenvalue weighted by Gasteiger charge is 2.34. The van der Waals surface area contributed by atoms with Gasteiger partial charge in [-0.3, -0.25) is 4.90 Å². The van der Waals surface area contributed by atoms with Gasteiger partial charge in [0.1, 0.15) is 5.82 Å². The molecule has 7 heteroatoms. The number of pyridine rings is 1. The summed E-state index contributed by atoms with van der Waals surface area (Å²) in [4.78, 5) is 9.47. The fourth-order valence-electron chi connectivity index (χ4n) is 3.49. The monoisotopic (exact) mass is 358 g/mol. The molecule has 0 atom stereocenters. The van der Waals surface area contributed by atoms with E-state index in [1.54, 1.807) is 16.4 Å². The Labute approximate surface area is 148 Å². The van der Waals surface area contributed by atoms with Gasteiger partial charge in [0.15, 0.2) is 0 Å². The van der Waals surface area contributed by atoms with E-state index in [1.165, 1.54) is 0 Å². The fraction of sp³-hybridized carbons (Fsp3) is 0.389. The van der Waals surface area contributed by atoms with Crippen LogP contribution in [0.5, 0.6) is 0 Å². The summed E-state index contributed by atoms with van der Waals surface area (Å²) in [6.07, 6.45) is 1.82. The van der Waals surface area contributed by atoms with E-state index in [4.69, 9.17) is 0 Å². The van der Waals surface area contributed by atoms with E-state index < -0.39 is 10.0 Å². The number of hydrogen-bond acceptors (Lipinski definition) is 5. The standard InChI is InChI=1S/C18H22N4O2S/c23-25(24)17-6-2-1-5-16(17)15-22(25)14-11-20-9-12-21(13-10-20)18-7-3-4-8-19-18/h1-8H,9-15H2. The van der Waals surface area contributed by atoms with E-state index in [0.717, 1.165) is 44.1 Å². The van der Waals surface area contributed by atoms with E-state index in [0.29, 0.717) is 18.0 Å². The Morgan fingerprint density at radius 3 is 2.40 bits per heavy atom. The van der Waals surface area contributed by atoms with Crippen LogP contribution in [0, 0.1) is 0 Å². The van der Waals surface area contributed by atoms with Crippen molar-refractivity contribution >= 4 is 15.8 Å². The molecule has 6 nitrogen and oxygen atoms in total. The SMILES string of the molecule is O=S1(=O)c2ccccc2CN1CCN1CCN(c2ccccn2)CC1. The van der Waals surface area contributed by atoms with Crippen LogP contribution >= 0.6 is 0 Å². The lowest BCUT2D eigenvalue weighted by Gasteiger charge is -2.35. The molecule has 1 aromatic carbocycles. The molecule has 0 unspecified atom stereocenters. The zero-order valence-electron chi connectivity index (χ0n) is 14.1. The van der Waals surface area contributed by atoms with Gasteiger partial charge in [0.05, 0.1) is 4.90 Å². The number of piperazine rings is 1. The van der Waals surface area contributed by atoms with Gasteiger partial charge in [-0.2, -0.15) is 4.31 Å². The first-order valence-corrected chi connectivity index (χ1v) is 10.0. The van der Waals surface area contributed by atoms with Gasteiger partial charge in [0.25, 0.3) is 0 Å². The van der Waals surface area contributed by atoms with Crippen LogP contribution in [0.4, 0.5) is 5.82 Å². The van der Waals surface area contributed by atoms with Crippen molar-refractivity contribution in [3.05, 3.63) is 54.2 Å². The van der Waals surface area contributed by atoms with Crippen LogP contribution in [-0.2, 0) is 16.6 Å². The zero-order chi connectivity index (χ0) is 17.3. The molecule has 0 bridgehead atoms. The van der Waals surface area contributed by atoms with E-state index in [1.807, 2.05) is 36.5 Å². The van der Waals surface area contributed by atoms with E-state index >= 15 is 0 Å². The third kappa shape index (κ3) is 3.27. The van der Waals surface area contributed by atoms with Gasteiger partial charge >= 0.3 is 0 Å². The van der Waals surface area contributed by atoms with Crippen molar-refractivity contribution < 1.29 is 8.42 Å². The fourth-order valence-corrected chi connectivity index (χ4v) is 5.12. The third-order valence-electron chi connectivity index (χ3n) is 4.95. The smallest absolute Gasteiger partial charge is 0.243 e. The van der Waals surface area contributed by atoms with Crippen LogP contribution in [0.2, 0.25) is 0 Å². The van der Waals surface area contributed by atoms with Crippen LogP contribution in [-0.4, -0.2) is 61.9 Å². The number of anilines is 1. The first-order valence-electron chi connectivity index (χ1n) is 8.61. The second kappa shape index (κ2) is 6.74. The Bertz CT molecular complexity index is 833. The van der Waals surface area contributed by atoms with Crippen molar-refractivity contribution in [3.63, 3.8) is 0 Å². The Balaban J connectivity index is 1.32. The molecule has 3 heterocycles. The molecule has 1 fully saturated rings. The summed E-state index contributed by atoms with van der Waals surface area (Å²) < 4.78 is 26.8. The lowest BCUT2D eigenvalue weighted by Crippen LogP contribution is -2.48. The molecule has 132 valence electrons. The average molecular weight is 358 g/mol. The van der Waals surface area contributed by atoms with Crippen LogP contribution in [0.1, 0.15) is 5.56 Å². The van der Waals surface area contributed by atoms with Gasteiger partial charge < -0.3 is 4.90 Å². The first-order chi connectivity index (χ1) is 12.1. The maximum absolute atomic E-state index is 12.6. The van der Waals surface area contributed by atoms with Crippen molar-refractivity contribution in [3.8, 4) is 0 Å². The number of fused-ring (bicyclic) bond motifs is 1. The van der Waals surface area contributed by atoms with Crippen LogP contribution in [0.25, 0.3) is 0 Å². The number of hydrogen-bond donors (Lipinski definition) is 0. The molecule has 2 aliphatic rings. The van der Waals surface area contributed by atoms with Crippen molar-refractivity contribution in [2.24, 2.45) is 0 Å². The largest absolute Gasteiger partial charge is 0.354 e. The predicted molar refractivity (Wildman–Crippen MR) is 96.9 cm³/mol. The van der Waals surface area contributed by atoms with Crippen molar-refractivity contribution in [2.75, 3.05) is 44.2 Å². The van der Waals surface area contributed by atoms with Crippen LogP contribution in [0.3, 0.4) is 0 Å². The molecule has 2 aliphatic heterocycles. The molecule has 0 saturated carbocycles. The van der Waals surface area contributed by atoms with E-state index in [9.17, 15) is 8.42 Å². The maximum atomic E-state index is 12.6. The molecule has 25 heavy (non-hydrogen) atoms. The van der Waals surface area contributed by atoms with Gasteiger partial charge in [0, 0.05) is 52.0 Å². The molecule has 0 spiro atoms. The normalized spacial score (nSPS) is 20.6. The molecule has 4 rings (SSSR count). The van der Waals surface area contributed by atoms with Crippen molar-refractivity contribution in [1.82, 2.24) is 14.2 Å². The Morgan fingerprint density at radius 1 is 0.920 bits per heavy atom. The minimum Gasteiger partial charge on any atom is -0.354 e. The number of aromatic nitrogens is 1. The summed E-state index contributed by atoms with van der Waals surface area (Å²) >= 11 is 0. The van der Waals surface area contributed by atoms with E-state index in [2.05, 4.69) is 14.8 Å². The summed E-state index contributed by atoms with van der Waals surface area (Å²) in [7, 11) is -3.31. The summed E-state index contributed by atoms with van der Waals surface area (Å²) in [5.41, 5.74) is 0.905. The van der Waals surface area contributed by atoms with Crippen LogP contribution in [0.15, 0.2) is 53.6 Å². The molecule has 0 aliphatic carbocycles. The number of nitrogens with zero attached hydrogens (tertiary/aromatic N) is 4. The molecule has 0 N–H and O–H groups in total. The zero-order valence-corrected chi connectivity index (χ0v) is 14.9. The highest BCUT2D eigenvalue weighted by atomic mass is 32.2. The van der Waals surface area contributed by atoms with Gasteiger partial charge in [-0.25, -0.2) is 13.4 Å². The van der Waals surface area contributed by atoms with E-state index in [-0.39, 0.29) is 0 Å². The molecule has 0 amide bonds. The quantitative estimate of drug-likeness (QED) is 0.827. The number of benzene rings is 1. The average Bonchev–Trinajstić information content (AvgIpc) is 2.92. The topological polar surface area (TPSA) is 56.8 Å². The second-order valence-corrected chi connectivity index (χ2v) is 8.37. The third-order valence-corrected chi connectivity index (χ3v) is 6.89. The number of sulfonamides is 1. The predicted octanol–water partition coefficient (Wildman–Crippen LogP) is 1.41. The molecular formula is C18H22N4O2S. The molecule has 0 radical (unpaired) electrons. The second-order valence-electron chi connectivity index (χ2n) is 6.46. The summed E-state index contributed by atoms with van der Waals surface area (Å²) in [6.45, 7) is 5.50. The minimum absolute atomic E-state index is 0.468. The molecule has 1 saturated heterocycles. The maximum Gasteiger partial charge on any atom is 0.243 e. The van der Waals surface area contributed by atoms with Crippen molar-refractivity contribution in [2.45, 2.75) is 11.4 Å². The summed E-state index contributed by atoms with van der Waals surface area (Å²) in [5.74, 6) is 1.01. The Kier molecular flexibility index (Phi) is 4.45. The lowest BCUT2D eigenvalue weighted by atomic mass is 10.2. The van der Waals surface area contributed by atoms with Gasteiger partial charge in [0.2, 0.25) is 10.0 Å². The first kappa shape index (κ1) is 16.5.